The maximum Gasteiger partial charge on any atom is 0.242 e. The molecule has 2 rings (SSSR count). The van der Waals surface area contributed by atoms with Gasteiger partial charge >= 0.3 is 0 Å². The highest BCUT2D eigenvalue weighted by molar-refractivity contribution is 7.89. The lowest BCUT2D eigenvalue weighted by Crippen LogP contribution is -2.24. The summed E-state index contributed by atoms with van der Waals surface area (Å²) in [4.78, 5) is 6.07. The molecule has 0 aliphatic rings. The van der Waals surface area contributed by atoms with Crippen LogP contribution < -0.4 is 15.4 Å². The van der Waals surface area contributed by atoms with Crippen molar-refractivity contribution >= 4 is 21.4 Å². The van der Waals surface area contributed by atoms with Gasteiger partial charge in [-0.15, -0.1) is 0 Å². The molecule has 1 aromatic carbocycles. The normalized spacial score (nSPS) is 11.3. The van der Waals surface area contributed by atoms with Crippen molar-refractivity contribution in [1.82, 2.24) is 9.71 Å². The average Bonchev–Trinajstić information content (AvgIpc) is 2.48. The van der Waals surface area contributed by atoms with Gasteiger partial charge in [0.2, 0.25) is 10.0 Å². The van der Waals surface area contributed by atoms with Crippen LogP contribution in [0.3, 0.4) is 0 Å². The molecule has 0 saturated carbocycles. The van der Waals surface area contributed by atoms with Crippen molar-refractivity contribution in [2.24, 2.45) is 0 Å². The largest absolute Gasteiger partial charge is 0.399 e. The average molecular weight is 306 g/mol. The van der Waals surface area contributed by atoms with Gasteiger partial charge < -0.3 is 10.6 Å². The first-order chi connectivity index (χ1) is 9.94. The summed E-state index contributed by atoms with van der Waals surface area (Å²) in [5, 5.41) is 0. The Morgan fingerprint density at radius 1 is 1.33 bits per heavy atom. The summed E-state index contributed by atoms with van der Waals surface area (Å²) in [6.07, 6.45) is 3.45. The summed E-state index contributed by atoms with van der Waals surface area (Å²) in [5.74, 6) is 0. The fourth-order valence-corrected chi connectivity index (χ4v) is 3.03. The molecule has 0 fully saturated rings. The number of nitrogens with two attached hydrogens (primary N) is 1. The number of nitrogens with one attached hydrogen (secondary N) is 1. The number of nitrogen functional groups attached to an aromatic ring is 1. The predicted octanol–water partition coefficient (Wildman–Crippen LogP) is 1.21. The topological polar surface area (TPSA) is 88.3 Å². The Morgan fingerprint density at radius 3 is 2.71 bits per heavy atom. The van der Waals surface area contributed by atoms with Crippen molar-refractivity contribution in [3.05, 3.63) is 48.3 Å². The lowest BCUT2D eigenvalue weighted by molar-refractivity contribution is 0.588. The number of sulfonamides is 1. The Morgan fingerprint density at radius 2 is 2.10 bits per heavy atom. The minimum atomic E-state index is -3.58. The number of hydrogen-bond acceptors (Lipinski definition) is 5. The van der Waals surface area contributed by atoms with Crippen LogP contribution in [0.15, 0.2) is 47.6 Å². The minimum absolute atomic E-state index is 0.163. The Hall–Kier alpha value is -2.12. The van der Waals surface area contributed by atoms with Crippen LogP contribution in [-0.2, 0) is 16.6 Å². The molecule has 0 aliphatic carbocycles. The van der Waals surface area contributed by atoms with Gasteiger partial charge in [-0.1, -0.05) is 6.07 Å². The van der Waals surface area contributed by atoms with Crippen molar-refractivity contribution in [1.29, 1.82) is 0 Å². The van der Waals surface area contributed by atoms with Crippen LogP contribution in [0.25, 0.3) is 0 Å². The minimum Gasteiger partial charge on any atom is -0.399 e. The maximum atomic E-state index is 12.1. The lowest BCUT2D eigenvalue weighted by Gasteiger charge is -2.22. The van der Waals surface area contributed by atoms with E-state index in [1.165, 1.54) is 13.1 Å². The van der Waals surface area contributed by atoms with E-state index >= 15 is 0 Å². The van der Waals surface area contributed by atoms with Crippen molar-refractivity contribution in [3.8, 4) is 0 Å². The third-order valence-electron chi connectivity index (χ3n) is 3.10. The van der Waals surface area contributed by atoms with Crippen LogP contribution in [-0.4, -0.2) is 27.5 Å². The SMILES string of the molecule is CNS(=O)(=O)c1cc(N)ccc1N(C)Cc1cccnc1. The molecule has 7 heteroatoms. The summed E-state index contributed by atoms with van der Waals surface area (Å²) in [6, 6.07) is 8.63. The summed E-state index contributed by atoms with van der Waals surface area (Å²) in [5.41, 5.74) is 7.69. The van der Waals surface area contributed by atoms with Gasteiger partial charge in [0.1, 0.15) is 4.90 Å². The van der Waals surface area contributed by atoms with E-state index in [1.54, 1.807) is 24.5 Å². The highest BCUT2D eigenvalue weighted by Gasteiger charge is 2.19. The summed E-state index contributed by atoms with van der Waals surface area (Å²) in [7, 11) is -0.371. The van der Waals surface area contributed by atoms with Gasteiger partial charge in [0.15, 0.2) is 0 Å². The molecule has 0 radical (unpaired) electrons. The molecule has 2 aromatic rings. The van der Waals surface area contributed by atoms with Gasteiger partial charge in [0, 0.05) is 31.7 Å². The molecule has 0 saturated heterocycles. The molecule has 21 heavy (non-hydrogen) atoms. The number of benzene rings is 1. The zero-order chi connectivity index (χ0) is 15.5. The molecule has 0 spiro atoms. The van der Waals surface area contributed by atoms with Gasteiger partial charge in [-0.05, 0) is 36.9 Å². The van der Waals surface area contributed by atoms with Crippen molar-refractivity contribution in [2.45, 2.75) is 11.4 Å². The van der Waals surface area contributed by atoms with E-state index < -0.39 is 10.0 Å². The van der Waals surface area contributed by atoms with Crippen molar-refractivity contribution in [3.63, 3.8) is 0 Å². The Kier molecular flexibility index (Phi) is 4.44. The second kappa shape index (κ2) is 6.11. The molecule has 0 amide bonds. The van der Waals surface area contributed by atoms with E-state index in [0.29, 0.717) is 17.9 Å². The molecular formula is C14H18N4O2S. The highest BCUT2D eigenvalue weighted by Crippen LogP contribution is 2.27. The van der Waals surface area contributed by atoms with Gasteiger partial charge in [-0.25, -0.2) is 13.1 Å². The summed E-state index contributed by atoms with van der Waals surface area (Å²) in [6.45, 7) is 0.546. The summed E-state index contributed by atoms with van der Waals surface area (Å²) >= 11 is 0. The van der Waals surface area contributed by atoms with Crippen LogP contribution in [0.1, 0.15) is 5.56 Å². The fourth-order valence-electron chi connectivity index (χ4n) is 2.02. The molecule has 3 N–H and O–H groups in total. The maximum absolute atomic E-state index is 12.1. The third kappa shape index (κ3) is 3.50. The monoisotopic (exact) mass is 306 g/mol. The van der Waals surface area contributed by atoms with E-state index in [0.717, 1.165) is 5.56 Å². The number of rotatable bonds is 5. The molecule has 6 nitrogen and oxygen atoms in total. The predicted molar refractivity (Wildman–Crippen MR) is 83.4 cm³/mol. The van der Waals surface area contributed by atoms with Crippen LogP contribution >= 0.6 is 0 Å². The van der Waals surface area contributed by atoms with E-state index in [4.69, 9.17) is 5.73 Å². The zero-order valence-corrected chi connectivity index (χ0v) is 12.8. The molecule has 1 aromatic heterocycles. The molecular weight excluding hydrogens is 288 g/mol. The Balaban J connectivity index is 2.39. The molecule has 0 atom stereocenters. The lowest BCUT2D eigenvalue weighted by atomic mass is 10.2. The number of pyridine rings is 1. The first-order valence-corrected chi connectivity index (χ1v) is 7.85. The second-order valence-corrected chi connectivity index (χ2v) is 6.51. The molecule has 0 unspecified atom stereocenters. The number of nitrogens with zero attached hydrogens (tertiary/aromatic N) is 2. The van der Waals surface area contributed by atoms with Gasteiger partial charge in [0.25, 0.3) is 0 Å². The van der Waals surface area contributed by atoms with Crippen LogP contribution in [0.4, 0.5) is 11.4 Å². The zero-order valence-electron chi connectivity index (χ0n) is 11.9. The van der Waals surface area contributed by atoms with Gasteiger partial charge in [-0.2, -0.15) is 0 Å². The number of aromatic nitrogens is 1. The van der Waals surface area contributed by atoms with E-state index in [1.807, 2.05) is 24.1 Å². The number of hydrogen-bond donors (Lipinski definition) is 2. The molecule has 1 heterocycles. The van der Waals surface area contributed by atoms with Crippen LogP contribution in [0.5, 0.6) is 0 Å². The quantitative estimate of drug-likeness (QED) is 0.811. The second-order valence-electron chi connectivity index (χ2n) is 4.65. The van der Waals surface area contributed by atoms with Crippen LogP contribution in [0.2, 0.25) is 0 Å². The standard InChI is InChI=1S/C14H18N4O2S/c1-16-21(19,20)14-8-12(15)5-6-13(14)18(2)10-11-4-3-7-17-9-11/h3-9,16H,10,15H2,1-2H3. The summed E-state index contributed by atoms with van der Waals surface area (Å²) < 4.78 is 26.6. The third-order valence-corrected chi connectivity index (χ3v) is 4.54. The highest BCUT2D eigenvalue weighted by atomic mass is 32.2. The van der Waals surface area contributed by atoms with Crippen molar-refractivity contribution < 1.29 is 8.42 Å². The first kappa shape index (κ1) is 15.3. The molecule has 112 valence electrons. The first-order valence-electron chi connectivity index (χ1n) is 6.37. The Labute approximate surface area is 124 Å². The molecule has 0 bridgehead atoms. The number of anilines is 2. The van der Waals surface area contributed by atoms with Crippen LogP contribution in [0, 0.1) is 0 Å². The fraction of sp³-hybridized carbons (Fsp3) is 0.214. The molecule has 0 aliphatic heterocycles. The van der Waals surface area contributed by atoms with E-state index in [2.05, 4.69) is 9.71 Å². The van der Waals surface area contributed by atoms with Gasteiger partial charge in [-0.3, -0.25) is 4.98 Å². The Bertz CT molecular complexity index is 717. The smallest absolute Gasteiger partial charge is 0.242 e. The van der Waals surface area contributed by atoms with E-state index in [9.17, 15) is 8.42 Å². The van der Waals surface area contributed by atoms with Crippen molar-refractivity contribution in [2.75, 3.05) is 24.7 Å². The van der Waals surface area contributed by atoms with Gasteiger partial charge in [0.05, 0.1) is 5.69 Å². The van der Waals surface area contributed by atoms with E-state index in [-0.39, 0.29) is 4.90 Å².